The molecule has 0 atom stereocenters. The van der Waals surface area contributed by atoms with Crippen molar-refractivity contribution in [1.82, 2.24) is 0 Å². The van der Waals surface area contributed by atoms with E-state index < -0.39 is 0 Å². The highest BCUT2D eigenvalue weighted by Crippen LogP contribution is 1.69. The zero-order valence-electron chi connectivity index (χ0n) is 2.45. The molecule has 0 aromatic rings. The number of hydrogen-bond donors (Lipinski definition) is 1. The van der Waals surface area contributed by atoms with Gasteiger partial charge in [0.25, 0.3) is 0 Å². The van der Waals surface area contributed by atoms with Crippen molar-refractivity contribution < 1.29 is 0 Å². The maximum atomic E-state index is 6.19. The van der Waals surface area contributed by atoms with Gasteiger partial charge in [-0.05, 0) is 14.9 Å². The second kappa shape index (κ2) is 2.88. The smallest absolute Gasteiger partial charge is 0.00410 e. The monoisotopic (exact) mass is 73.0 g/mol. The first-order valence-corrected chi connectivity index (χ1v) is 2.26. The van der Waals surface area contributed by atoms with Crippen LogP contribution in [0.15, 0.2) is 0 Å². The summed E-state index contributed by atoms with van der Waals surface area (Å²) in [4.78, 5) is 0. The van der Waals surface area contributed by atoms with Crippen LogP contribution in [-0.4, -0.2) is 12.3 Å². The summed E-state index contributed by atoms with van der Waals surface area (Å²) in [5.41, 5.74) is 2.15. The van der Waals surface area contributed by atoms with E-state index in [0.29, 0.717) is 0 Å². The van der Waals surface area contributed by atoms with Crippen LogP contribution in [0, 0.1) is 5.41 Å². The average molecular weight is 73.0 g/mol. The van der Waals surface area contributed by atoms with Gasteiger partial charge in [-0.25, -0.2) is 0 Å². The minimum absolute atomic E-state index is 0.915. The lowest BCUT2D eigenvalue weighted by Gasteiger charge is -1.35. The number of hydrogen-bond acceptors (Lipinski definition) is 1. The molecule has 0 aromatic heterocycles. The highest BCUT2D eigenvalue weighted by Gasteiger charge is 1.27. The van der Waals surface area contributed by atoms with Gasteiger partial charge in [0.1, 0.15) is 0 Å². The number of nitrogens with one attached hydrogen (secondary N) is 1. The summed E-state index contributed by atoms with van der Waals surface area (Å²) in [7, 11) is 0.915. The van der Waals surface area contributed by atoms with Crippen LogP contribution in [0.2, 0.25) is 0 Å². The molecule has 0 aromatic carbocycles. The SMILES string of the molecule is CP=C=N. The van der Waals surface area contributed by atoms with Gasteiger partial charge in [-0.15, -0.1) is 0 Å². The van der Waals surface area contributed by atoms with Crippen molar-refractivity contribution in [2.45, 2.75) is 0 Å². The zero-order valence-corrected chi connectivity index (χ0v) is 3.34. The molecule has 0 unspecified atom stereocenters. The van der Waals surface area contributed by atoms with Crippen molar-refractivity contribution in [1.29, 1.82) is 5.41 Å². The Bertz CT molecular complexity index is 44.0. The van der Waals surface area contributed by atoms with Crippen molar-refractivity contribution in [2.75, 3.05) is 6.66 Å². The maximum Gasteiger partial charge on any atom is 0.00410 e. The van der Waals surface area contributed by atoms with Gasteiger partial charge in [0, 0.05) is 5.59 Å². The van der Waals surface area contributed by atoms with Crippen molar-refractivity contribution in [3.05, 3.63) is 0 Å². The van der Waals surface area contributed by atoms with E-state index in [2.05, 4.69) is 5.59 Å². The van der Waals surface area contributed by atoms with Crippen LogP contribution in [0.3, 0.4) is 0 Å². The Morgan fingerprint density at radius 1 is 2.00 bits per heavy atom. The van der Waals surface area contributed by atoms with Gasteiger partial charge in [0.05, 0.1) is 0 Å². The molecule has 0 fully saturated rings. The molecule has 0 radical (unpaired) electrons. The standard InChI is InChI=1S/C2H4NP/c1-4-2-3/h3H,1H3. The van der Waals surface area contributed by atoms with E-state index in [4.69, 9.17) is 5.41 Å². The first-order valence-electron chi connectivity index (χ1n) is 0.921. The highest BCUT2D eigenvalue weighted by atomic mass is 31.1. The molecule has 2 heteroatoms. The van der Waals surface area contributed by atoms with Gasteiger partial charge in [0.15, 0.2) is 0 Å². The summed E-state index contributed by atoms with van der Waals surface area (Å²) in [6.45, 7) is 1.85. The molecule has 0 aliphatic carbocycles. The fourth-order valence-electron chi connectivity index (χ4n) is 0. The molecule has 0 saturated heterocycles. The topological polar surface area (TPSA) is 23.9 Å². The minimum atomic E-state index is 0.915. The molecule has 1 N–H and O–H groups in total. The van der Waals surface area contributed by atoms with Crippen molar-refractivity contribution in [3.63, 3.8) is 0 Å². The Hall–Kier alpha value is -0.120. The van der Waals surface area contributed by atoms with Crippen LogP contribution in [0.4, 0.5) is 0 Å². The molecule has 0 aliphatic heterocycles. The van der Waals surface area contributed by atoms with E-state index >= 15 is 0 Å². The van der Waals surface area contributed by atoms with Crippen LogP contribution in [0.25, 0.3) is 0 Å². The Kier molecular flexibility index (Phi) is 2.79. The highest BCUT2D eigenvalue weighted by molar-refractivity contribution is 7.36. The Morgan fingerprint density at radius 2 is 2.25 bits per heavy atom. The third-order valence-corrected chi connectivity index (χ3v) is 0.335. The lowest BCUT2D eigenvalue weighted by Crippen LogP contribution is -1.17. The normalized spacial score (nSPS) is 6.25. The molecular formula is C2H4NP. The van der Waals surface area contributed by atoms with E-state index in [9.17, 15) is 0 Å². The second-order valence-corrected chi connectivity index (χ2v) is 1.01. The fourth-order valence-corrected chi connectivity index (χ4v) is 0. The van der Waals surface area contributed by atoms with Crippen molar-refractivity contribution in [2.24, 2.45) is 0 Å². The van der Waals surface area contributed by atoms with E-state index in [1.807, 2.05) is 6.66 Å². The van der Waals surface area contributed by atoms with Crippen LogP contribution < -0.4 is 0 Å². The van der Waals surface area contributed by atoms with Crippen molar-refractivity contribution >= 4 is 13.8 Å². The van der Waals surface area contributed by atoms with Crippen LogP contribution >= 0.6 is 8.20 Å². The minimum Gasteiger partial charge on any atom is -0.255 e. The molecule has 4 heavy (non-hydrogen) atoms. The molecule has 0 amide bonds. The van der Waals surface area contributed by atoms with E-state index in [-0.39, 0.29) is 0 Å². The largest absolute Gasteiger partial charge is 0.255 e. The summed E-state index contributed by atoms with van der Waals surface area (Å²) < 4.78 is 0. The van der Waals surface area contributed by atoms with Crippen LogP contribution in [0.1, 0.15) is 0 Å². The Labute approximate surface area is 27.0 Å². The summed E-state index contributed by atoms with van der Waals surface area (Å²) in [5.74, 6) is 0. The van der Waals surface area contributed by atoms with E-state index in [1.165, 1.54) is 0 Å². The summed E-state index contributed by atoms with van der Waals surface area (Å²) >= 11 is 0. The van der Waals surface area contributed by atoms with Gasteiger partial charge in [-0.2, -0.15) is 0 Å². The van der Waals surface area contributed by atoms with E-state index in [0.717, 1.165) is 8.20 Å². The van der Waals surface area contributed by atoms with Gasteiger partial charge in [-0.1, -0.05) is 0 Å². The molecule has 0 saturated carbocycles. The van der Waals surface area contributed by atoms with Gasteiger partial charge in [-0.3, -0.25) is 5.41 Å². The summed E-state index contributed by atoms with van der Waals surface area (Å²) in [6, 6.07) is 0. The summed E-state index contributed by atoms with van der Waals surface area (Å²) in [6.07, 6.45) is 0. The summed E-state index contributed by atoms with van der Waals surface area (Å²) in [5, 5.41) is 6.19. The number of rotatable bonds is 0. The quantitative estimate of drug-likeness (QED) is 0.327. The molecule has 0 aliphatic rings. The van der Waals surface area contributed by atoms with Gasteiger partial charge in [0.2, 0.25) is 0 Å². The average Bonchev–Trinajstić information content (AvgIpc) is 1.37. The van der Waals surface area contributed by atoms with Gasteiger partial charge < -0.3 is 0 Å². The van der Waals surface area contributed by atoms with Crippen LogP contribution in [-0.2, 0) is 0 Å². The molecule has 0 spiro atoms. The first kappa shape index (κ1) is 3.88. The first-order chi connectivity index (χ1) is 1.91. The molecule has 22 valence electrons. The second-order valence-electron chi connectivity index (χ2n) is 0.335. The third kappa shape index (κ3) is 1.88. The molecule has 0 heterocycles. The zero-order chi connectivity index (χ0) is 3.41. The molecule has 1 nitrogen and oxygen atoms in total. The van der Waals surface area contributed by atoms with Crippen LogP contribution in [0.5, 0.6) is 0 Å². The molecule has 0 bridgehead atoms. The predicted molar refractivity (Wildman–Crippen MR) is 20.6 cm³/mol. The Morgan fingerprint density at radius 3 is 2.25 bits per heavy atom. The van der Waals surface area contributed by atoms with Gasteiger partial charge >= 0.3 is 0 Å². The van der Waals surface area contributed by atoms with E-state index in [1.54, 1.807) is 0 Å². The Balaban J connectivity index is 3.11. The lowest BCUT2D eigenvalue weighted by molar-refractivity contribution is 1.61. The third-order valence-electron chi connectivity index (χ3n) is 0.112. The molecule has 0 rings (SSSR count). The maximum absolute atomic E-state index is 6.19. The lowest BCUT2D eigenvalue weighted by atomic mass is 11.8. The fraction of sp³-hybridized carbons (Fsp3) is 0.500. The molecular weight excluding hydrogens is 69.0 g/mol. The predicted octanol–water partition coefficient (Wildman–Crippen LogP) is 1.05. The van der Waals surface area contributed by atoms with Crippen molar-refractivity contribution in [3.8, 4) is 0 Å².